The SMILES string of the molecule is C[CH][CH][CH][CH][C@H](C)CC(=O)c1ccccc1. The lowest BCUT2D eigenvalue weighted by Gasteiger charge is -2.09. The van der Waals surface area contributed by atoms with Crippen LogP contribution in [-0.4, -0.2) is 5.78 Å². The van der Waals surface area contributed by atoms with Crippen LogP contribution in [-0.2, 0) is 0 Å². The van der Waals surface area contributed by atoms with Crippen molar-refractivity contribution in [3.8, 4) is 0 Å². The molecule has 84 valence electrons. The first-order chi connectivity index (χ1) is 7.74. The van der Waals surface area contributed by atoms with Gasteiger partial charge in [0.1, 0.15) is 0 Å². The Labute approximate surface area is 98.9 Å². The number of carbonyl (C=O) groups excluding carboxylic acids is 1. The van der Waals surface area contributed by atoms with Gasteiger partial charge in [-0.25, -0.2) is 0 Å². The Kier molecular flexibility index (Phi) is 5.84. The van der Waals surface area contributed by atoms with E-state index in [-0.39, 0.29) is 11.7 Å². The van der Waals surface area contributed by atoms with Gasteiger partial charge in [-0.1, -0.05) is 44.2 Å². The third kappa shape index (κ3) is 4.61. The van der Waals surface area contributed by atoms with Crippen LogP contribution in [0.4, 0.5) is 0 Å². The van der Waals surface area contributed by atoms with Gasteiger partial charge in [-0.15, -0.1) is 0 Å². The van der Waals surface area contributed by atoms with Gasteiger partial charge >= 0.3 is 0 Å². The molecule has 1 rings (SSSR count). The first-order valence-corrected chi connectivity index (χ1v) is 5.61. The summed E-state index contributed by atoms with van der Waals surface area (Å²) in [5.41, 5.74) is 0.800. The average molecular weight is 214 g/mol. The number of ketones is 1. The highest BCUT2D eigenvalue weighted by Crippen LogP contribution is 2.14. The van der Waals surface area contributed by atoms with Gasteiger partial charge in [0, 0.05) is 12.0 Å². The second-order valence-corrected chi connectivity index (χ2v) is 3.88. The maximum Gasteiger partial charge on any atom is 0.163 e. The first kappa shape index (κ1) is 13.0. The van der Waals surface area contributed by atoms with E-state index in [1.54, 1.807) is 0 Å². The largest absolute Gasteiger partial charge is 0.294 e. The van der Waals surface area contributed by atoms with Crippen LogP contribution in [0, 0.1) is 31.6 Å². The van der Waals surface area contributed by atoms with Gasteiger partial charge in [-0.3, -0.25) is 4.79 Å². The predicted molar refractivity (Wildman–Crippen MR) is 67.4 cm³/mol. The molecule has 1 aromatic rings. The molecule has 1 nitrogen and oxygen atoms in total. The monoisotopic (exact) mass is 214 g/mol. The first-order valence-electron chi connectivity index (χ1n) is 5.61. The summed E-state index contributed by atoms with van der Waals surface area (Å²) < 4.78 is 0. The summed E-state index contributed by atoms with van der Waals surface area (Å²) in [5, 5.41) is 0. The quantitative estimate of drug-likeness (QED) is 0.499. The molecule has 0 unspecified atom stereocenters. The summed E-state index contributed by atoms with van der Waals surface area (Å²) in [7, 11) is 0. The molecule has 16 heavy (non-hydrogen) atoms. The highest BCUT2D eigenvalue weighted by Gasteiger charge is 2.10. The van der Waals surface area contributed by atoms with Gasteiger partial charge in [-0.05, 0) is 31.6 Å². The summed E-state index contributed by atoms with van der Waals surface area (Å²) in [5.74, 6) is 0.488. The van der Waals surface area contributed by atoms with E-state index < -0.39 is 0 Å². The van der Waals surface area contributed by atoms with E-state index in [9.17, 15) is 4.79 Å². The lowest BCUT2D eigenvalue weighted by molar-refractivity contribution is 0.0970. The van der Waals surface area contributed by atoms with Crippen molar-refractivity contribution in [2.75, 3.05) is 0 Å². The van der Waals surface area contributed by atoms with E-state index in [2.05, 4.69) is 13.3 Å². The number of hydrogen-bond donors (Lipinski definition) is 0. The zero-order chi connectivity index (χ0) is 11.8. The molecule has 0 aliphatic rings. The molecule has 1 heteroatoms. The summed E-state index contributed by atoms with van der Waals surface area (Å²) >= 11 is 0. The maximum atomic E-state index is 11.8. The molecular formula is C15H18O. The minimum atomic E-state index is 0.207. The van der Waals surface area contributed by atoms with Gasteiger partial charge in [0.05, 0.1) is 0 Å². The highest BCUT2D eigenvalue weighted by atomic mass is 16.1. The number of carbonyl (C=O) groups is 1. The van der Waals surface area contributed by atoms with Crippen LogP contribution in [0.5, 0.6) is 0 Å². The van der Waals surface area contributed by atoms with Crippen molar-refractivity contribution in [1.29, 1.82) is 0 Å². The fraction of sp³-hybridized carbons (Fsp3) is 0.267. The Bertz CT molecular complexity index is 302. The number of rotatable bonds is 7. The Morgan fingerprint density at radius 1 is 1.25 bits per heavy atom. The highest BCUT2D eigenvalue weighted by molar-refractivity contribution is 5.96. The third-order valence-corrected chi connectivity index (χ3v) is 2.35. The molecule has 1 atom stereocenters. The topological polar surface area (TPSA) is 17.1 Å². The Morgan fingerprint density at radius 3 is 2.56 bits per heavy atom. The van der Waals surface area contributed by atoms with E-state index in [1.807, 2.05) is 56.5 Å². The van der Waals surface area contributed by atoms with Crippen molar-refractivity contribution < 1.29 is 4.79 Å². The molecule has 0 fully saturated rings. The molecule has 0 spiro atoms. The van der Waals surface area contributed by atoms with Crippen LogP contribution in [0.3, 0.4) is 0 Å². The van der Waals surface area contributed by atoms with Gasteiger partial charge in [0.25, 0.3) is 0 Å². The number of unbranched alkanes of at least 4 members (excludes halogenated alkanes) is 2. The van der Waals surface area contributed by atoms with Gasteiger partial charge in [0.15, 0.2) is 5.78 Å². The molecule has 0 bridgehead atoms. The van der Waals surface area contributed by atoms with E-state index >= 15 is 0 Å². The molecule has 4 radical (unpaired) electrons. The summed E-state index contributed by atoms with van der Waals surface area (Å²) in [6, 6.07) is 9.45. The zero-order valence-corrected chi connectivity index (χ0v) is 9.89. The smallest absolute Gasteiger partial charge is 0.163 e. The van der Waals surface area contributed by atoms with Crippen molar-refractivity contribution in [2.45, 2.75) is 20.3 Å². The fourth-order valence-corrected chi connectivity index (χ4v) is 1.47. The van der Waals surface area contributed by atoms with Crippen LogP contribution in [0.15, 0.2) is 30.3 Å². The van der Waals surface area contributed by atoms with Crippen molar-refractivity contribution in [2.24, 2.45) is 5.92 Å². The second-order valence-electron chi connectivity index (χ2n) is 3.88. The molecule has 0 amide bonds. The average Bonchev–Trinajstić information content (AvgIpc) is 2.30. The Hall–Kier alpha value is -1.11. The Morgan fingerprint density at radius 2 is 1.94 bits per heavy atom. The molecule has 1 aromatic carbocycles. The molecule has 0 aliphatic heterocycles. The van der Waals surface area contributed by atoms with Crippen molar-refractivity contribution >= 4 is 5.78 Å². The molecule has 0 N–H and O–H groups in total. The van der Waals surface area contributed by atoms with Gasteiger partial charge < -0.3 is 0 Å². The van der Waals surface area contributed by atoms with Crippen molar-refractivity contribution in [3.05, 3.63) is 61.6 Å². The zero-order valence-electron chi connectivity index (χ0n) is 9.89. The summed E-state index contributed by atoms with van der Waals surface area (Å²) in [6.07, 6.45) is 8.56. The van der Waals surface area contributed by atoms with Crippen molar-refractivity contribution in [1.82, 2.24) is 0 Å². The van der Waals surface area contributed by atoms with Crippen LogP contribution in [0.1, 0.15) is 30.6 Å². The lowest BCUT2D eigenvalue weighted by atomic mass is 9.95. The molecule has 0 saturated carbocycles. The number of benzene rings is 1. The molecule has 0 saturated heterocycles. The van der Waals surface area contributed by atoms with E-state index in [4.69, 9.17) is 0 Å². The second kappa shape index (κ2) is 7.21. The summed E-state index contributed by atoms with van der Waals surface area (Å²) in [6.45, 7) is 4.03. The van der Waals surface area contributed by atoms with E-state index in [0.29, 0.717) is 6.42 Å². The molecular weight excluding hydrogens is 196 g/mol. The van der Waals surface area contributed by atoms with Gasteiger partial charge in [-0.2, -0.15) is 0 Å². The summed E-state index contributed by atoms with van der Waals surface area (Å²) in [4.78, 5) is 11.8. The molecule has 0 heterocycles. The van der Waals surface area contributed by atoms with Crippen LogP contribution >= 0.6 is 0 Å². The van der Waals surface area contributed by atoms with Crippen LogP contribution in [0.2, 0.25) is 0 Å². The standard InChI is InChI=1S/C15H18O/c1-3-4-6-9-13(2)12-15(16)14-10-7-5-8-11-14/h3-11,13H,12H2,1-2H3/t13-/m0/s1. The Balaban J connectivity index is 2.34. The third-order valence-electron chi connectivity index (χ3n) is 2.35. The van der Waals surface area contributed by atoms with Gasteiger partial charge in [0.2, 0.25) is 0 Å². The van der Waals surface area contributed by atoms with Crippen LogP contribution in [0.25, 0.3) is 0 Å². The number of Topliss-reactive ketones (excluding diaryl/α,β-unsaturated/α-hetero) is 1. The maximum absolute atomic E-state index is 11.8. The predicted octanol–water partition coefficient (Wildman–Crippen LogP) is 3.73. The van der Waals surface area contributed by atoms with Crippen molar-refractivity contribution in [3.63, 3.8) is 0 Å². The molecule has 0 aliphatic carbocycles. The van der Waals surface area contributed by atoms with E-state index in [0.717, 1.165) is 5.56 Å². The fourth-order valence-electron chi connectivity index (χ4n) is 1.47. The minimum Gasteiger partial charge on any atom is -0.294 e. The normalized spacial score (nSPS) is 12.4. The van der Waals surface area contributed by atoms with Crippen LogP contribution < -0.4 is 0 Å². The van der Waals surface area contributed by atoms with E-state index in [1.165, 1.54) is 0 Å². The molecule has 0 aromatic heterocycles. The minimum absolute atomic E-state index is 0.207. The number of hydrogen-bond acceptors (Lipinski definition) is 1. The lowest BCUT2D eigenvalue weighted by Crippen LogP contribution is -2.06.